The number of urea groups is 2. The highest BCUT2D eigenvalue weighted by atomic mass is 35.5. The lowest BCUT2D eigenvalue weighted by atomic mass is 9.99. The second kappa shape index (κ2) is 16.4. The monoisotopic (exact) mass is 735 g/mol. The van der Waals surface area contributed by atoms with E-state index in [2.05, 4.69) is 20.4 Å². The number of nitrogens with zero attached hydrogens (tertiary/aromatic N) is 5. The molecule has 0 aliphatic carbocycles. The number of fused-ring (bicyclic) bond motifs is 1. The third-order valence-electron chi connectivity index (χ3n) is 10.8. The van der Waals surface area contributed by atoms with Crippen molar-refractivity contribution in [3.8, 4) is 0 Å². The molecule has 0 radical (unpaired) electrons. The fourth-order valence-corrected chi connectivity index (χ4v) is 8.04. The number of anilines is 1. The maximum absolute atomic E-state index is 14.1. The number of para-hydroxylation sites is 1. The minimum absolute atomic E-state index is 0.0288. The number of carbonyl (C=O) groups excluding carboxylic acids is 4. The Balaban J connectivity index is 1.02. The maximum Gasteiger partial charge on any atom is 0.322 e. The molecule has 0 aromatic heterocycles. The topological polar surface area (TPSA) is 118 Å². The van der Waals surface area contributed by atoms with E-state index in [1.165, 1.54) is 0 Å². The van der Waals surface area contributed by atoms with Crippen LogP contribution >= 0.6 is 11.6 Å². The van der Waals surface area contributed by atoms with Crippen molar-refractivity contribution in [3.63, 3.8) is 0 Å². The lowest BCUT2D eigenvalue weighted by molar-refractivity contribution is -0.156. The largest absolute Gasteiger partial charge is 0.459 e. The molecule has 4 aliphatic rings. The number of esters is 1. The predicted octanol–water partition coefficient (Wildman–Crippen LogP) is 4.73. The Morgan fingerprint density at radius 2 is 1.56 bits per heavy atom. The number of rotatable bonds is 8. The summed E-state index contributed by atoms with van der Waals surface area (Å²) in [5.74, 6) is -0.259. The minimum atomic E-state index is -0.719. The number of halogens is 1. The summed E-state index contributed by atoms with van der Waals surface area (Å²) < 4.78 is 5.50. The Labute approximate surface area is 312 Å². The highest BCUT2D eigenvalue weighted by Gasteiger charge is 2.36. The summed E-state index contributed by atoms with van der Waals surface area (Å²) in [6, 6.07) is 12.9. The molecule has 4 aliphatic heterocycles. The van der Waals surface area contributed by atoms with Gasteiger partial charge in [-0.05, 0) is 82.2 Å². The van der Waals surface area contributed by atoms with Gasteiger partial charge < -0.3 is 30.1 Å². The molecule has 0 bridgehead atoms. The molecule has 1 unspecified atom stereocenters. The zero-order valence-electron chi connectivity index (χ0n) is 31.0. The fourth-order valence-electron chi connectivity index (χ4n) is 7.92. The first-order valence-electron chi connectivity index (χ1n) is 18.8. The molecule has 52 heavy (non-hydrogen) atoms. The first kappa shape index (κ1) is 37.9. The van der Waals surface area contributed by atoms with Crippen LogP contribution in [0.2, 0.25) is 5.02 Å². The second-order valence-electron chi connectivity index (χ2n) is 15.7. The first-order chi connectivity index (χ1) is 24.8. The highest BCUT2D eigenvalue weighted by molar-refractivity contribution is 6.31. The van der Waals surface area contributed by atoms with Crippen LogP contribution in [0.25, 0.3) is 0 Å². The van der Waals surface area contributed by atoms with Crippen LogP contribution in [-0.2, 0) is 27.3 Å². The molecule has 12 nitrogen and oxygen atoms in total. The quantitative estimate of drug-likeness (QED) is 0.377. The predicted molar refractivity (Wildman–Crippen MR) is 201 cm³/mol. The van der Waals surface area contributed by atoms with Crippen molar-refractivity contribution >= 4 is 41.2 Å². The van der Waals surface area contributed by atoms with Crippen molar-refractivity contribution in [1.82, 2.24) is 29.8 Å². The fraction of sp³-hybridized carbons (Fsp3) is 0.590. The minimum Gasteiger partial charge on any atom is -0.459 e. The summed E-state index contributed by atoms with van der Waals surface area (Å²) in [6.07, 6.45) is 3.43. The number of piperidine rings is 2. The van der Waals surface area contributed by atoms with E-state index >= 15 is 0 Å². The van der Waals surface area contributed by atoms with Gasteiger partial charge in [-0.3, -0.25) is 19.4 Å². The van der Waals surface area contributed by atoms with E-state index in [-0.39, 0.29) is 30.0 Å². The van der Waals surface area contributed by atoms with Gasteiger partial charge in [0.1, 0.15) is 11.6 Å². The number of nitrogens with one attached hydrogen (secondary N) is 2. The molecule has 13 heteroatoms. The number of hydrogen-bond acceptors (Lipinski definition) is 7. The van der Waals surface area contributed by atoms with Crippen LogP contribution in [-0.4, -0.2) is 131 Å². The summed E-state index contributed by atoms with van der Waals surface area (Å²) in [5.41, 5.74) is 3.32. The van der Waals surface area contributed by atoms with E-state index in [0.29, 0.717) is 69.6 Å². The summed E-state index contributed by atoms with van der Waals surface area (Å²) in [7, 11) is 0. The number of carbonyl (C=O) groups is 4. The Hall–Kier alpha value is -3.87. The van der Waals surface area contributed by atoms with Crippen LogP contribution in [0.4, 0.5) is 15.3 Å². The molecule has 0 spiro atoms. The first-order valence-corrected chi connectivity index (χ1v) is 19.1. The van der Waals surface area contributed by atoms with Gasteiger partial charge in [0.25, 0.3) is 0 Å². The smallest absolute Gasteiger partial charge is 0.322 e. The number of amides is 5. The Kier molecular flexibility index (Phi) is 12.0. The van der Waals surface area contributed by atoms with Crippen LogP contribution in [0.3, 0.4) is 0 Å². The highest BCUT2D eigenvalue weighted by Crippen LogP contribution is 2.28. The number of benzene rings is 2. The number of hydrogen-bond donors (Lipinski definition) is 2. The molecule has 2 aromatic rings. The van der Waals surface area contributed by atoms with Crippen LogP contribution < -0.4 is 10.6 Å². The van der Waals surface area contributed by atoms with E-state index in [1.807, 2.05) is 80.0 Å². The summed E-state index contributed by atoms with van der Waals surface area (Å²) >= 11 is 6.31. The van der Waals surface area contributed by atoms with E-state index in [1.54, 1.807) is 4.90 Å². The van der Waals surface area contributed by atoms with Crippen LogP contribution in [0.15, 0.2) is 42.5 Å². The van der Waals surface area contributed by atoms with Gasteiger partial charge in [0.15, 0.2) is 0 Å². The maximum atomic E-state index is 14.1. The van der Waals surface area contributed by atoms with Crippen molar-refractivity contribution in [3.05, 3.63) is 64.2 Å². The van der Waals surface area contributed by atoms with Crippen molar-refractivity contribution < 1.29 is 23.9 Å². The van der Waals surface area contributed by atoms with E-state index in [9.17, 15) is 19.2 Å². The zero-order valence-corrected chi connectivity index (χ0v) is 31.8. The van der Waals surface area contributed by atoms with Gasteiger partial charge in [-0.1, -0.05) is 41.9 Å². The summed E-state index contributed by atoms with van der Waals surface area (Å²) in [5, 5.41) is 6.77. The Morgan fingerprint density at radius 3 is 2.23 bits per heavy atom. The molecule has 2 aromatic carbocycles. The number of likely N-dealkylation sites (tertiary alicyclic amines) is 2. The second-order valence-corrected chi connectivity index (χ2v) is 16.1. The lowest BCUT2D eigenvalue weighted by Crippen LogP contribution is -2.58. The summed E-state index contributed by atoms with van der Waals surface area (Å²) in [6.45, 7) is 14.1. The van der Waals surface area contributed by atoms with Gasteiger partial charge in [-0.25, -0.2) is 9.59 Å². The third-order valence-corrected chi connectivity index (χ3v) is 11.2. The van der Waals surface area contributed by atoms with Crippen molar-refractivity contribution in [1.29, 1.82) is 0 Å². The van der Waals surface area contributed by atoms with Gasteiger partial charge in [0.2, 0.25) is 5.91 Å². The molecule has 1 atom stereocenters. The Morgan fingerprint density at radius 1 is 0.904 bits per heavy atom. The van der Waals surface area contributed by atoms with Crippen molar-refractivity contribution in [2.24, 2.45) is 0 Å². The molecule has 2 N–H and O–H groups in total. The van der Waals surface area contributed by atoms with Crippen LogP contribution in [0.5, 0.6) is 0 Å². The number of aryl methyl sites for hydroxylation is 1. The average molecular weight is 736 g/mol. The van der Waals surface area contributed by atoms with Crippen molar-refractivity contribution in [2.75, 3.05) is 64.2 Å². The average Bonchev–Trinajstić information content (AvgIpc) is 3.12. The molecule has 3 fully saturated rings. The van der Waals surface area contributed by atoms with Crippen LogP contribution in [0.1, 0.15) is 63.1 Å². The SMILES string of the molecule is Cc1cc(CC(NC(=O)N2CCC(N3Cc4ccccc4NC3=O)CC2)C(=O)N2CCC(N3CCN(CC(=O)OC(C)(C)C)CC3)CC2)ccc1Cl. The normalized spacial score (nSPS) is 20.2. The molecule has 282 valence electrons. The van der Waals surface area contributed by atoms with Gasteiger partial charge >= 0.3 is 18.0 Å². The van der Waals surface area contributed by atoms with Crippen LogP contribution in [0, 0.1) is 6.92 Å². The lowest BCUT2D eigenvalue weighted by Gasteiger charge is -2.43. The standard InChI is InChI=1S/C39H54ClN7O5/c1-27-23-28(9-10-32(27)40)24-34(42-37(50)46-17-13-31(14-18-46)47-25-29-7-5-6-8-33(29)41-38(47)51)36(49)45-15-11-30(12-16-45)44-21-19-43(20-22-44)26-35(48)52-39(2,3)4/h5-10,23,30-31,34H,11-22,24-26H2,1-4H3,(H,41,51)(H,42,50). The summed E-state index contributed by atoms with van der Waals surface area (Å²) in [4.78, 5) is 63.3. The number of ether oxygens (including phenoxy) is 1. The van der Waals surface area contributed by atoms with Gasteiger partial charge in [-0.15, -0.1) is 0 Å². The molecule has 3 saturated heterocycles. The molecule has 0 saturated carbocycles. The zero-order chi connectivity index (χ0) is 37.0. The van der Waals surface area contributed by atoms with Gasteiger partial charge in [0.05, 0.1) is 6.54 Å². The molecule has 5 amide bonds. The van der Waals surface area contributed by atoms with E-state index in [4.69, 9.17) is 16.3 Å². The van der Waals surface area contributed by atoms with E-state index in [0.717, 1.165) is 61.4 Å². The molecular weight excluding hydrogens is 682 g/mol. The number of piperazine rings is 1. The molecule has 4 heterocycles. The molecular formula is C39H54ClN7O5. The molecule has 6 rings (SSSR count). The third kappa shape index (κ3) is 9.56. The Bertz CT molecular complexity index is 1610. The van der Waals surface area contributed by atoms with Gasteiger partial charge in [0, 0.05) is 88.1 Å². The van der Waals surface area contributed by atoms with Gasteiger partial charge in [-0.2, -0.15) is 0 Å². The van der Waals surface area contributed by atoms with E-state index < -0.39 is 11.6 Å². The van der Waals surface area contributed by atoms with Crippen molar-refractivity contribution in [2.45, 2.75) is 90.1 Å².